The number of hydrogen-bond donors (Lipinski definition) is 0. The van der Waals surface area contributed by atoms with E-state index in [-0.39, 0.29) is 0 Å². The van der Waals surface area contributed by atoms with Crippen LogP contribution in [0.15, 0.2) is 6.33 Å². The van der Waals surface area contributed by atoms with E-state index in [0.717, 1.165) is 25.2 Å². The van der Waals surface area contributed by atoms with Gasteiger partial charge in [-0.25, -0.2) is 9.67 Å². The minimum Gasteiger partial charge on any atom is -0.261 e. The number of aryl methyl sites for hydroxylation is 1. The van der Waals surface area contributed by atoms with Gasteiger partial charge in [0, 0.05) is 6.54 Å². The van der Waals surface area contributed by atoms with Crippen molar-refractivity contribution in [1.82, 2.24) is 24.5 Å². The van der Waals surface area contributed by atoms with Gasteiger partial charge in [0.1, 0.15) is 18.7 Å². The first-order chi connectivity index (χ1) is 9.56. The average Bonchev–Trinajstić information content (AvgIpc) is 2.94. The SMILES string of the molecule is CCc1nn(Cc2ncnn2CC(C)C)c(CC)c1I. The Bertz CT molecular complexity index is 570. The number of aromatic nitrogens is 5. The zero-order chi connectivity index (χ0) is 14.7. The van der Waals surface area contributed by atoms with E-state index in [9.17, 15) is 0 Å². The van der Waals surface area contributed by atoms with Crippen molar-refractivity contribution in [2.75, 3.05) is 0 Å². The van der Waals surface area contributed by atoms with Crippen LogP contribution in [0.2, 0.25) is 0 Å². The van der Waals surface area contributed by atoms with Gasteiger partial charge >= 0.3 is 0 Å². The molecule has 0 aliphatic carbocycles. The first-order valence-electron chi connectivity index (χ1n) is 7.17. The van der Waals surface area contributed by atoms with E-state index in [1.165, 1.54) is 15.0 Å². The van der Waals surface area contributed by atoms with Gasteiger partial charge in [0.05, 0.1) is 15.0 Å². The van der Waals surface area contributed by atoms with Crippen molar-refractivity contribution in [2.24, 2.45) is 5.92 Å². The first-order valence-corrected chi connectivity index (χ1v) is 8.25. The fraction of sp³-hybridized carbons (Fsp3) is 0.643. The molecule has 0 radical (unpaired) electrons. The van der Waals surface area contributed by atoms with E-state index in [2.05, 4.69) is 65.1 Å². The Morgan fingerprint density at radius 2 is 1.95 bits per heavy atom. The fourth-order valence-electron chi connectivity index (χ4n) is 2.27. The van der Waals surface area contributed by atoms with Gasteiger partial charge in [-0.2, -0.15) is 10.2 Å². The molecular formula is C14H22IN5. The highest BCUT2D eigenvalue weighted by Gasteiger charge is 2.15. The van der Waals surface area contributed by atoms with Gasteiger partial charge in [0.25, 0.3) is 0 Å². The lowest BCUT2D eigenvalue weighted by Crippen LogP contribution is -2.15. The second-order valence-corrected chi connectivity index (χ2v) is 6.40. The predicted octanol–water partition coefficient (Wildman–Crippen LogP) is 2.91. The van der Waals surface area contributed by atoms with Gasteiger partial charge in [-0.05, 0) is 41.4 Å². The molecule has 0 fully saturated rings. The smallest absolute Gasteiger partial charge is 0.148 e. The van der Waals surface area contributed by atoms with E-state index >= 15 is 0 Å². The maximum Gasteiger partial charge on any atom is 0.148 e. The quantitative estimate of drug-likeness (QED) is 0.717. The third-order valence-electron chi connectivity index (χ3n) is 3.25. The Hall–Kier alpha value is -0.920. The molecule has 0 spiro atoms. The van der Waals surface area contributed by atoms with Gasteiger partial charge in [-0.3, -0.25) is 4.68 Å². The third-order valence-corrected chi connectivity index (χ3v) is 4.50. The number of halogens is 1. The number of nitrogens with zero attached hydrogens (tertiary/aromatic N) is 5. The minimum absolute atomic E-state index is 0.560. The molecule has 0 N–H and O–H groups in total. The van der Waals surface area contributed by atoms with Crippen LogP contribution in [0.25, 0.3) is 0 Å². The molecule has 0 aliphatic rings. The summed E-state index contributed by atoms with van der Waals surface area (Å²) < 4.78 is 5.37. The monoisotopic (exact) mass is 387 g/mol. The van der Waals surface area contributed by atoms with Crippen molar-refractivity contribution in [3.8, 4) is 0 Å². The molecule has 0 saturated carbocycles. The minimum atomic E-state index is 0.560. The summed E-state index contributed by atoms with van der Waals surface area (Å²) in [6.45, 7) is 10.3. The largest absolute Gasteiger partial charge is 0.261 e. The van der Waals surface area contributed by atoms with E-state index in [1.807, 2.05) is 4.68 Å². The van der Waals surface area contributed by atoms with E-state index in [4.69, 9.17) is 5.10 Å². The zero-order valence-electron chi connectivity index (χ0n) is 12.6. The molecule has 0 aromatic carbocycles. The fourth-order valence-corrected chi connectivity index (χ4v) is 3.42. The molecule has 0 unspecified atom stereocenters. The van der Waals surface area contributed by atoms with Crippen LogP contribution in [-0.2, 0) is 25.9 Å². The van der Waals surface area contributed by atoms with E-state index in [0.29, 0.717) is 12.5 Å². The number of rotatable bonds is 6. The van der Waals surface area contributed by atoms with Gasteiger partial charge < -0.3 is 0 Å². The second-order valence-electron chi connectivity index (χ2n) is 5.32. The standard InChI is InChI=1S/C14H22IN5/c1-5-11-14(15)12(6-2)19(18-11)8-13-16-9-17-20(13)7-10(3)4/h9-10H,5-8H2,1-4H3. The topological polar surface area (TPSA) is 48.5 Å². The average molecular weight is 387 g/mol. The Labute approximate surface area is 133 Å². The second kappa shape index (κ2) is 6.69. The third kappa shape index (κ3) is 3.21. The van der Waals surface area contributed by atoms with Crippen molar-refractivity contribution in [1.29, 1.82) is 0 Å². The first kappa shape index (κ1) is 15.5. The molecule has 6 heteroatoms. The summed E-state index contributed by atoms with van der Waals surface area (Å²) in [6.07, 6.45) is 3.60. The summed E-state index contributed by atoms with van der Waals surface area (Å²) in [5.41, 5.74) is 2.47. The summed E-state index contributed by atoms with van der Waals surface area (Å²) in [5.74, 6) is 1.54. The van der Waals surface area contributed by atoms with Crippen molar-refractivity contribution in [3.05, 3.63) is 27.1 Å². The maximum absolute atomic E-state index is 4.72. The molecule has 2 aromatic heterocycles. The van der Waals surface area contributed by atoms with Gasteiger partial charge in [0.2, 0.25) is 0 Å². The highest BCUT2D eigenvalue weighted by atomic mass is 127. The number of hydrogen-bond acceptors (Lipinski definition) is 3. The summed E-state index contributed by atoms with van der Waals surface area (Å²) >= 11 is 2.41. The van der Waals surface area contributed by atoms with Crippen LogP contribution in [0, 0.1) is 9.49 Å². The molecule has 5 nitrogen and oxygen atoms in total. The van der Waals surface area contributed by atoms with Crippen LogP contribution < -0.4 is 0 Å². The van der Waals surface area contributed by atoms with Crippen molar-refractivity contribution in [2.45, 2.75) is 53.6 Å². The van der Waals surface area contributed by atoms with Crippen molar-refractivity contribution in [3.63, 3.8) is 0 Å². The lowest BCUT2D eigenvalue weighted by atomic mass is 10.2. The highest BCUT2D eigenvalue weighted by molar-refractivity contribution is 14.1. The molecule has 0 saturated heterocycles. The lowest BCUT2D eigenvalue weighted by molar-refractivity contribution is 0.454. The molecule has 2 heterocycles. The molecule has 20 heavy (non-hydrogen) atoms. The summed E-state index contributed by atoms with van der Waals surface area (Å²) in [6, 6.07) is 0. The maximum atomic E-state index is 4.72. The normalized spacial score (nSPS) is 11.5. The van der Waals surface area contributed by atoms with Crippen LogP contribution in [0.3, 0.4) is 0 Å². The van der Waals surface area contributed by atoms with Crippen LogP contribution >= 0.6 is 22.6 Å². The van der Waals surface area contributed by atoms with Gasteiger partial charge in [0.15, 0.2) is 0 Å². The molecule has 0 aliphatic heterocycles. The van der Waals surface area contributed by atoms with Gasteiger partial charge in [-0.15, -0.1) is 0 Å². The van der Waals surface area contributed by atoms with Crippen molar-refractivity contribution >= 4 is 22.6 Å². The molecular weight excluding hydrogens is 365 g/mol. The van der Waals surface area contributed by atoms with Crippen LogP contribution in [0.1, 0.15) is 44.9 Å². The molecule has 110 valence electrons. The van der Waals surface area contributed by atoms with E-state index in [1.54, 1.807) is 6.33 Å². The van der Waals surface area contributed by atoms with Gasteiger partial charge in [-0.1, -0.05) is 27.7 Å². The highest BCUT2D eigenvalue weighted by Crippen LogP contribution is 2.19. The Morgan fingerprint density at radius 3 is 2.55 bits per heavy atom. The Balaban J connectivity index is 2.28. The van der Waals surface area contributed by atoms with E-state index < -0.39 is 0 Å². The molecule has 0 amide bonds. The summed E-state index contributed by atoms with van der Waals surface area (Å²) in [5, 5.41) is 9.04. The molecule has 0 atom stereocenters. The summed E-state index contributed by atoms with van der Waals surface area (Å²) in [4.78, 5) is 4.39. The Kier molecular flexibility index (Phi) is 5.17. The van der Waals surface area contributed by atoms with Crippen LogP contribution in [0.5, 0.6) is 0 Å². The van der Waals surface area contributed by atoms with Crippen molar-refractivity contribution < 1.29 is 0 Å². The Morgan fingerprint density at radius 1 is 1.20 bits per heavy atom. The lowest BCUT2D eigenvalue weighted by Gasteiger charge is -2.10. The van der Waals surface area contributed by atoms with Crippen LogP contribution in [-0.4, -0.2) is 24.5 Å². The summed E-state index contributed by atoms with van der Waals surface area (Å²) in [7, 11) is 0. The van der Waals surface area contributed by atoms with Crippen LogP contribution in [0.4, 0.5) is 0 Å². The predicted molar refractivity (Wildman–Crippen MR) is 87.7 cm³/mol. The molecule has 0 bridgehead atoms. The molecule has 2 rings (SSSR count). The molecule has 2 aromatic rings. The zero-order valence-corrected chi connectivity index (χ0v) is 14.8.